The SMILES string of the molecule is CC#CC1CC(=O)OC1C. The van der Waals surface area contributed by atoms with E-state index in [4.69, 9.17) is 4.74 Å². The molecule has 0 aliphatic carbocycles. The molecule has 2 unspecified atom stereocenters. The number of ether oxygens (including phenoxy) is 1. The third-order valence-corrected chi connectivity index (χ3v) is 1.60. The van der Waals surface area contributed by atoms with Crippen molar-refractivity contribution in [1.82, 2.24) is 0 Å². The maximum atomic E-state index is 10.6. The number of hydrogen-bond donors (Lipinski definition) is 0. The van der Waals surface area contributed by atoms with Crippen molar-refractivity contribution in [1.29, 1.82) is 0 Å². The first-order valence-corrected chi connectivity index (χ1v) is 3.36. The summed E-state index contributed by atoms with van der Waals surface area (Å²) in [5.74, 6) is 5.71. The molecule has 0 amide bonds. The Hall–Kier alpha value is -0.970. The lowest BCUT2D eigenvalue weighted by molar-refractivity contribution is -0.140. The second-order valence-corrected chi connectivity index (χ2v) is 2.40. The van der Waals surface area contributed by atoms with Gasteiger partial charge in [0.15, 0.2) is 0 Å². The van der Waals surface area contributed by atoms with E-state index in [2.05, 4.69) is 11.8 Å². The van der Waals surface area contributed by atoms with Gasteiger partial charge in [0.2, 0.25) is 0 Å². The minimum absolute atomic E-state index is 0.0139. The molecule has 0 radical (unpaired) electrons. The van der Waals surface area contributed by atoms with Crippen LogP contribution in [0.5, 0.6) is 0 Å². The van der Waals surface area contributed by atoms with E-state index in [1.54, 1.807) is 6.92 Å². The number of cyclic esters (lactones) is 1. The summed E-state index contributed by atoms with van der Waals surface area (Å²) in [6.07, 6.45) is 0.446. The van der Waals surface area contributed by atoms with Crippen molar-refractivity contribution in [2.75, 3.05) is 0 Å². The van der Waals surface area contributed by atoms with Crippen molar-refractivity contribution in [2.45, 2.75) is 26.4 Å². The van der Waals surface area contributed by atoms with Gasteiger partial charge < -0.3 is 4.74 Å². The normalized spacial score (nSPS) is 30.8. The average Bonchev–Trinajstić information content (AvgIpc) is 2.13. The number of carbonyl (C=O) groups is 1. The van der Waals surface area contributed by atoms with Crippen LogP contribution < -0.4 is 0 Å². The number of rotatable bonds is 0. The van der Waals surface area contributed by atoms with Gasteiger partial charge in [-0.15, -0.1) is 5.92 Å². The van der Waals surface area contributed by atoms with Gasteiger partial charge in [-0.05, 0) is 13.8 Å². The summed E-state index contributed by atoms with van der Waals surface area (Å²) in [7, 11) is 0. The smallest absolute Gasteiger partial charge is 0.307 e. The van der Waals surface area contributed by atoms with Crippen molar-refractivity contribution < 1.29 is 9.53 Å². The first-order chi connectivity index (χ1) is 4.74. The van der Waals surface area contributed by atoms with Crippen molar-refractivity contribution >= 4 is 5.97 Å². The Morgan fingerprint density at radius 1 is 1.70 bits per heavy atom. The monoisotopic (exact) mass is 138 g/mol. The van der Waals surface area contributed by atoms with E-state index < -0.39 is 0 Å². The van der Waals surface area contributed by atoms with E-state index in [9.17, 15) is 4.79 Å². The Morgan fingerprint density at radius 3 is 2.80 bits per heavy atom. The van der Waals surface area contributed by atoms with Gasteiger partial charge in [0.1, 0.15) is 6.10 Å². The van der Waals surface area contributed by atoms with E-state index in [1.807, 2.05) is 6.92 Å². The predicted octanol–water partition coefficient (Wildman–Crippen LogP) is 0.961. The highest BCUT2D eigenvalue weighted by Crippen LogP contribution is 2.20. The summed E-state index contributed by atoms with van der Waals surface area (Å²) < 4.78 is 4.88. The molecule has 0 aromatic rings. The molecule has 1 saturated heterocycles. The van der Waals surface area contributed by atoms with Crippen LogP contribution in [-0.2, 0) is 9.53 Å². The molecule has 1 aliphatic heterocycles. The molecular formula is C8H10O2. The van der Waals surface area contributed by atoms with Gasteiger partial charge in [-0.1, -0.05) is 5.92 Å². The fourth-order valence-electron chi connectivity index (χ4n) is 1.04. The molecule has 1 aliphatic rings. The molecule has 1 rings (SSSR count). The Labute approximate surface area is 60.6 Å². The van der Waals surface area contributed by atoms with E-state index in [1.165, 1.54) is 0 Å². The van der Waals surface area contributed by atoms with Crippen LogP contribution in [-0.4, -0.2) is 12.1 Å². The highest BCUT2D eigenvalue weighted by molar-refractivity contribution is 5.72. The van der Waals surface area contributed by atoms with E-state index in [0.717, 1.165) is 0 Å². The van der Waals surface area contributed by atoms with Crippen molar-refractivity contribution in [3.05, 3.63) is 0 Å². The molecule has 0 bridgehead atoms. The molecule has 1 fully saturated rings. The van der Waals surface area contributed by atoms with Crippen molar-refractivity contribution in [3.63, 3.8) is 0 Å². The van der Waals surface area contributed by atoms with Gasteiger partial charge in [0.25, 0.3) is 0 Å². The average molecular weight is 138 g/mol. The number of carbonyl (C=O) groups excluding carboxylic acids is 1. The van der Waals surface area contributed by atoms with Crippen LogP contribution in [0.2, 0.25) is 0 Å². The van der Waals surface area contributed by atoms with Crippen molar-refractivity contribution in [2.24, 2.45) is 5.92 Å². The van der Waals surface area contributed by atoms with Crippen LogP contribution in [0, 0.1) is 17.8 Å². The molecule has 0 spiro atoms. The second kappa shape index (κ2) is 2.74. The zero-order valence-electron chi connectivity index (χ0n) is 6.18. The summed E-state index contributed by atoms with van der Waals surface area (Å²) >= 11 is 0. The molecule has 54 valence electrons. The Kier molecular flexibility index (Phi) is 1.96. The molecule has 10 heavy (non-hydrogen) atoms. The number of hydrogen-bond acceptors (Lipinski definition) is 2. The lowest BCUT2D eigenvalue weighted by Crippen LogP contribution is -2.08. The molecule has 0 aromatic heterocycles. The summed E-state index contributed by atoms with van der Waals surface area (Å²) in [5, 5.41) is 0. The first kappa shape index (κ1) is 7.14. The van der Waals surface area contributed by atoms with E-state index in [-0.39, 0.29) is 18.0 Å². The largest absolute Gasteiger partial charge is 0.461 e. The summed E-state index contributed by atoms with van der Waals surface area (Å²) in [6.45, 7) is 3.65. The lowest BCUT2D eigenvalue weighted by atomic mass is 10.0. The van der Waals surface area contributed by atoms with E-state index in [0.29, 0.717) is 6.42 Å². The molecule has 0 saturated carbocycles. The third kappa shape index (κ3) is 1.30. The molecular weight excluding hydrogens is 128 g/mol. The molecule has 2 nitrogen and oxygen atoms in total. The van der Waals surface area contributed by atoms with Gasteiger partial charge in [-0.2, -0.15) is 0 Å². The van der Waals surface area contributed by atoms with Crippen LogP contribution in [0.25, 0.3) is 0 Å². The molecule has 0 N–H and O–H groups in total. The fraction of sp³-hybridized carbons (Fsp3) is 0.625. The minimum Gasteiger partial charge on any atom is -0.461 e. The first-order valence-electron chi connectivity index (χ1n) is 3.36. The maximum Gasteiger partial charge on any atom is 0.307 e. The maximum absolute atomic E-state index is 10.6. The Balaban J connectivity index is 2.60. The standard InChI is InChI=1S/C8H10O2/c1-3-4-7-5-8(9)10-6(7)2/h6-7H,5H2,1-2H3. The highest BCUT2D eigenvalue weighted by Gasteiger charge is 2.29. The summed E-state index contributed by atoms with van der Waals surface area (Å²) in [6, 6.07) is 0. The predicted molar refractivity (Wildman–Crippen MR) is 37.1 cm³/mol. The highest BCUT2D eigenvalue weighted by atomic mass is 16.5. The molecule has 2 heteroatoms. The zero-order chi connectivity index (χ0) is 7.56. The zero-order valence-corrected chi connectivity index (χ0v) is 6.18. The fourth-order valence-corrected chi connectivity index (χ4v) is 1.04. The van der Waals surface area contributed by atoms with Gasteiger partial charge in [-0.25, -0.2) is 0 Å². The van der Waals surface area contributed by atoms with E-state index >= 15 is 0 Å². The molecule has 1 heterocycles. The van der Waals surface area contributed by atoms with Crippen molar-refractivity contribution in [3.8, 4) is 11.8 Å². The van der Waals surface area contributed by atoms with Gasteiger partial charge >= 0.3 is 5.97 Å². The van der Waals surface area contributed by atoms with Crippen LogP contribution >= 0.6 is 0 Å². The van der Waals surface area contributed by atoms with Crippen LogP contribution in [0.3, 0.4) is 0 Å². The summed E-state index contributed by atoms with van der Waals surface area (Å²) in [4.78, 5) is 10.6. The van der Waals surface area contributed by atoms with Crippen LogP contribution in [0.4, 0.5) is 0 Å². The third-order valence-electron chi connectivity index (χ3n) is 1.60. The summed E-state index contributed by atoms with van der Waals surface area (Å²) in [5.41, 5.74) is 0. The quantitative estimate of drug-likeness (QED) is 0.368. The Morgan fingerprint density at radius 2 is 2.40 bits per heavy atom. The van der Waals surface area contributed by atoms with Gasteiger partial charge in [0.05, 0.1) is 12.3 Å². The van der Waals surface area contributed by atoms with Crippen LogP contribution in [0.15, 0.2) is 0 Å². The minimum atomic E-state index is -0.125. The topological polar surface area (TPSA) is 26.3 Å². The lowest BCUT2D eigenvalue weighted by Gasteiger charge is -2.03. The molecule has 2 atom stereocenters. The van der Waals surface area contributed by atoms with Crippen LogP contribution in [0.1, 0.15) is 20.3 Å². The van der Waals surface area contributed by atoms with Gasteiger partial charge in [0, 0.05) is 0 Å². The van der Waals surface area contributed by atoms with Gasteiger partial charge in [-0.3, -0.25) is 4.79 Å². The second-order valence-electron chi connectivity index (χ2n) is 2.40. The Bertz CT molecular complexity index is 197. The molecule has 0 aromatic carbocycles. The number of esters is 1.